The fourth-order valence-corrected chi connectivity index (χ4v) is 7.97. The van der Waals surface area contributed by atoms with E-state index in [1.54, 1.807) is 0 Å². The standard InChI is InChI=1S/C46H28N4O/c1-3-14-29(15-4-1)37-28-42(48-46(47-37)36-21-13-25-41-43(36)35-20-9-12-24-40(35)51-41)50-39-23-11-8-19-32(39)34-27-26-33-31-18-7-10-22-38(31)49(44(33)45(34)50)30-16-5-2-6-17-30/h1-28H. The van der Waals surface area contributed by atoms with Gasteiger partial charge < -0.3 is 8.98 Å². The minimum Gasteiger partial charge on any atom is -0.456 e. The van der Waals surface area contributed by atoms with E-state index < -0.39 is 0 Å². The number of aromatic nitrogens is 4. The van der Waals surface area contributed by atoms with Gasteiger partial charge in [-0.1, -0.05) is 127 Å². The fraction of sp³-hybridized carbons (Fsp3) is 0. The van der Waals surface area contributed by atoms with Crippen molar-refractivity contribution in [2.75, 3.05) is 0 Å². The third-order valence-electron chi connectivity index (χ3n) is 10.1. The monoisotopic (exact) mass is 652 g/mol. The summed E-state index contributed by atoms with van der Waals surface area (Å²) in [5, 5.41) is 6.80. The number of hydrogen-bond donors (Lipinski definition) is 0. The van der Waals surface area contributed by atoms with Crippen molar-refractivity contribution in [3.05, 3.63) is 170 Å². The highest BCUT2D eigenvalue weighted by Gasteiger charge is 2.23. The summed E-state index contributed by atoms with van der Waals surface area (Å²) < 4.78 is 11.1. The number of para-hydroxylation sites is 4. The van der Waals surface area contributed by atoms with Gasteiger partial charge in [0.1, 0.15) is 17.0 Å². The number of furan rings is 1. The predicted molar refractivity (Wildman–Crippen MR) is 209 cm³/mol. The van der Waals surface area contributed by atoms with E-state index in [0.717, 1.165) is 72.3 Å². The van der Waals surface area contributed by atoms with E-state index >= 15 is 0 Å². The minimum atomic E-state index is 0.644. The van der Waals surface area contributed by atoms with Crippen molar-refractivity contribution in [3.8, 4) is 34.2 Å². The molecule has 0 amide bonds. The second-order valence-electron chi connectivity index (χ2n) is 13.0. The Morgan fingerprint density at radius 1 is 0.431 bits per heavy atom. The molecular formula is C46H28N4O. The zero-order valence-corrected chi connectivity index (χ0v) is 27.4. The maximum absolute atomic E-state index is 6.32. The van der Waals surface area contributed by atoms with Gasteiger partial charge in [0, 0.05) is 55.2 Å². The lowest BCUT2D eigenvalue weighted by Crippen LogP contribution is -2.04. The fourth-order valence-electron chi connectivity index (χ4n) is 7.97. The first-order valence-corrected chi connectivity index (χ1v) is 17.2. The van der Waals surface area contributed by atoms with E-state index in [1.807, 2.05) is 30.3 Å². The molecule has 5 nitrogen and oxygen atoms in total. The molecular weight excluding hydrogens is 625 g/mol. The summed E-state index contributed by atoms with van der Waals surface area (Å²) in [5.74, 6) is 1.44. The summed E-state index contributed by atoms with van der Waals surface area (Å²) in [4.78, 5) is 10.7. The Morgan fingerprint density at radius 3 is 1.76 bits per heavy atom. The Balaban J connectivity index is 1.31. The van der Waals surface area contributed by atoms with E-state index in [1.165, 1.54) is 21.5 Å². The Morgan fingerprint density at radius 2 is 1.02 bits per heavy atom. The van der Waals surface area contributed by atoms with Gasteiger partial charge in [0.15, 0.2) is 5.82 Å². The first-order valence-electron chi connectivity index (χ1n) is 17.2. The molecule has 0 bridgehead atoms. The highest BCUT2D eigenvalue weighted by atomic mass is 16.3. The maximum atomic E-state index is 6.32. The zero-order valence-electron chi connectivity index (χ0n) is 27.4. The smallest absolute Gasteiger partial charge is 0.162 e. The molecule has 0 atom stereocenters. The first-order chi connectivity index (χ1) is 25.3. The lowest BCUT2D eigenvalue weighted by Gasteiger charge is -2.14. The zero-order chi connectivity index (χ0) is 33.5. The summed E-state index contributed by atoms with van der Waals surface area (Å²) in [6, 6.07) is 59.4. The molecule has 0 saturated carbocycles. The van der Waals surface area contributed by atoms with Crippen LogP contribution in [-0.2, 0) is 0 Å². The molecule has 0 aliphatic carbocycles. The lowest BCUT2D eigenvalue weighted by atomic mass is 10.1. The van der Waals surface area contributed by atoms with Crippen molar-refractivity contribution < 1.29 is 4.42 Å². The SMILES string of the molecule is c1ccc(-c2cc(-n3c4ccccc4c4ccc5c6ccccc6n(-c6ccccc6)c5c43)nc(-c3cccc4oc5ccccc5c34)n2)cc1. The second kappa shape index (κ2) is 10.8. The van der Waals surface area contributed by atoms with Crippen molar-refractivity contribution in [2.24, 2.45) is 0 Å². The Bertz CT molecular complexity index is 3130. The van der Waals surface area contributed by atoms with Crippen LogP contribution in [-0.4, -0.2) is 19.1 Å². The normalized spacial score (nSPS) is 11.9. The molecule has 0 radical (unpaired) electrons. The molecule has 0 saturated heterocycles. The quantitative estimate of drug-likeness (QED) is 0.190. The number of rotatable bonds is 4. The highest BCUT2D eigenvalue weighted by molar-refractivity contribution is 6.23. The number of hydrogen-bond acceptors (Lipinski definition) is 3. The van der Waals surface area contributed by atoms with Crippen molar-refractivity contribution in [3.63, 3.8) is 0 Å². The average molecular weight is 653 g/mol. The summed E-state index contributed by atoms with van der Waals surface area (Å²) in [7, 11) is 0. The van der Waals surface area contributed by atoms with Crippen LogP contribution >= 0.6 is 0 Å². The molecule has 11 aromatic rings. The van der Waals surface area contributed by atoms with Crippen molar-refractivity contribution >= 4 is 65.6 Å². The lowest BCUT2D eigenvalue weighted by molar-refractivity contribution is 0.669. The molecule has 0 fully saturated rings. The van der Waals surface area contributed by atoms with Crippen LogP contribution in [0.25, 0.3) is 99.7 Å². The van der Waals surface area contributed by atoms with Crippen molar-refractivity contribution in [2.45, 2.75) is 0 Å². The van der Waals surface area contributed by atoms with E-state index in [0.29, 0.717) is 5.82 Å². The molecule has 5 heteroatoms. The van der Waals surface area contributed by atoms with Crippen LogP contribution in [0.1, 0.15) is 0 Å². The molecule has 4 aromatic heterocycles. The molecule has 238 valence electrons. The highest BCUT2D eigenvalue weighted by Crippen LogP contribution is 2.42. The summed E-state index contributed by atoms with van der Waals surface area (Å²) in [5.41, 5.74) is 10.1. The van der Waals surface area contributed by atoms with Gasteiger partial charge in [-0.15, -0.1) is 0 Å². The number of benzene rings is 7. The first kappa shape index (κ1) is 27.9. The molecule has 7 aromatic carbocycles. The number of fused-ring (bicyclic) bond motifs is 10. The Hall–Kier alpha value is -6.98. The minimum absolute atomic E-state index is 0.644. The van der Waals surface area contributed by atoms with E-state index in [-0.39, 0.29) is 0 Å². The van der Waals surface area contributed by atoms with Gasteiger partial charge in [0.2, 0.25) is 0 Å². The topological polar surface area (TPSA) is 48.8 Å². The van der Waals surface area contributed by atoms with Gasteiger partial charge >= 0.3 is 0 Å². The van der Waals surface area contributed by atoms with E-state index in [4.69, 9.17) is 14.4 Å². The Kier molecular flexibility index (Phi) is 5.89. The van der Waals surface area contributed by atoms with Crippen LogP contribution in [0.15, 0.2) is 174 Å². The van der Waals surface area contributed by atoms with Crippen molar-refractivity contribution in [1.29, 1.82) is 0 Å². The summed E-state index contributed by atoms with van der Waals surface area (Å²) in [6.07, 6.45) is 0. The van der Waals surface area contributed by atoms with E-state index in [2.05, 4.69) is 149 Å². The van der Waals surface area contributed by atoms with E-state index in [9.17, 15) is 0 Å². The molecule has 11 rings (SSSR count). The van der Waals surface area contributed by atoms with Crippen LogP contribution in [0.5, 0.6) is 0 Å². The van der Waals surface area contributed by atoms with Gasteiger partial charge in [-0.3, -0.25) is 4.57 Å². The number of nitrogens with zero attached hydrogens (tertiary/aromatic N) is 4. The van der Waals surface area contributed by atoms with Crippen molar-refractivity contribution in [1.82, 2.24) is 19.1 Å². The van der Waals surface area contributed by atoms with Gasteiger partial charge in [-0.05, 0) is 36.4 Å². The van der Waals surface area contributed by atoms with Gasteiger partial charge in [0.05, 0.1) is 27.8 Å². The average Bonchev–Trinajstić information content (AvgIpc) is 3.86. The molecule has 51 heavy (non-hydrogen) atoms. The van der Waals surface area contributed by atoms with Gasteiger partial charge in [-0.25, -0.2) is 9.97 Å². The van der Waals surface area contributed by atoms with Crippen LogP contribution in [0.2, 0.25) is 0 Å². The van der Waals surface area contributed by atoms with Gasteiger partial charge in [-0.2, -0.15) is 0 Å². The molecule has 0 spiro atoms. The predicted octanol–water partition coefficient (Wildman–Crippen LogP) is 11.9. The molecule has 4 heterocycles. The second-order valence-corrected chi connectivity index (χ2v) is 13.0. The largest absolute Gasteiger partial charge is 0.456 e. The van der Waals surface area contributed by atoms with Gasteiger partial charge in [0.25, 0.3) is 0 Å². The molecule has 0 aliphatic rings. The third kappa shape index (κ3) is 4.09. The molecule has 0 N–H and O–H groups in total. The summed E-state index contributed by atoms with van der Waals surface area (Å²) >= 11 is 0. The summed E-state index contributed by atoms with van der Waals surface area (Å²) in [6.45, 7) is 0. The van der Waals surface area contributed by atoms with Crippen LogP contribution in [0, 0.1) is 0 Å². The third-order valence-corrected chi connectivity index (χ3v) is 10.1. The van der Waals surface area contributed by atoms with Crippen LogP contribution < -0.4 is 0 Å². The maximum Gasteiger partial charge on any atom is 0.162 e. The molecule has 0 unspecified atom stereocenters. The Labute approximate surface area is 292 Å². The van der Waals surface area contributed by atoms with Crippen LogP contribution in [0.3, 0.4) is 0 Å². The van der Waals surface area contributed by atoms with Crippen LogP contribution in [0.4, 0.5) is 0 Å². The molecule has 0 aliphatic heterocycles.